The minimum atomic E-state index is -0.399. The molecule has 0 N–H and O–H groups in total. The molecule has 3 heterocycles. The molecule has 0 unspecified atom stereocenters. The van der Waals surface area contributed by atoms with Gasteiger partial charge in [-0.3, -0.25) is 14.6 Å². The van der Waals surface area contributed by atoms with Crippen LogP contribution in [0.15, 0.2) is 42.9 Å². The molecule has 0 fully saturated rings. The maximum absolute atomic E-state index is 15.8. The Balaban J connectivity index is 1.66. The lowest BCUT2D eigenvalue weighted by atomic mass is 10.1. The lowest BCUT2D eigenvalue weighted by Crippen LogP contribution is -2.34. The van der Waals surface area contributed by atoms with Crippen LogP contribution in [0.1, 0.15) is 19.4 Å². The third kappa shape index (κ3) is 4.16. The number of aromatic nitrogens is 4. The normalized spacial score (nSPS) is 14.3. The molecule has 1 aliphatic rings. The van der Waals surface area contributed by atoms with Gasteiger partial charge in [0.25, 0.3) is 0 Å². The van der Waals surface area contributed by atoms with Gasteiger partial charge in [0, 0.05) is 61.8 Å². The van der Waals surface area contributed by atoms with Gasteiger partial charge in [-0.1, -0.05) is 0 Å². The van der Waals surface area contributed by atoms with Gasteiger partial charge in [-0.2, -0.15) is 5.10 Å². The van der Waals surface area contributed by atoms with E-state index in [0.717, 1.165) is 40.1 Å². The summed E-state index contributed by atoms with van der Waals surface area (Å²) in [6.07, 6.45) is 5.41. The average molecular weight is 477 g/mol. The Kier molecular flexibility index (Phi) is 6.02. The molecule has 1 aliphatic heterocycles. The van der Waals surface area contributed by atoms with Crippen molar-refractivity contribution in [1.29, 1.82) is 0 Å². The summed E-state index contributed by atoms with van der Waals surface area (Å²) in [5, 5.41) is 4.23. The number of hydrogen-bond acceptors (Lipinski definition) is 7. The summed E-state index contributed by atoms with van der Waals surface area (Å²) in [6, 6.07) is 7.76. The van der Waals surface area contributed by atoms with E-state index in [2.05, 4.69) is 28.8 Å². The quantitative estimate of drug-likeness (QED) is 0.419. The molecule has 0 bridgehead atoms. The molecule has 9 heteroatoms. The molecular formula is C26H29FN6O2. The Morgan fingerprint density at radius 1 is 1.00 bits per heavy atom. The first kappa shape index (κ1) is 23.0. The molecule has 0 atom stereocenters. The number of aryl methyl sites for hydroxylation is 1. The van der Waals surface area contributed by atoms with Crippen molar-refractivity contribution in [1.82, 2.24) is 24.6 Å². The van der Waals surface area contributed by atoms with Crippen molar-refractivity contribution < 1.29 is 13.9 Å². The summed E-state index contributed by atoms with van der Waals surface area (Å²) in [5.41, 5.74) is 5.22. The Morgan fingerprint density at radius 2 is 1.80 bits per heavy atom. The van der Waals surface area contributed by atoms with E-state index in [0.29, 0.717) is 30.6 Å². The number of nitrogens with zero attached hydrogens (tertiary/aromatic N) is 6. The predicted molar refractivity (Wildman–Crippen MR) is 134 cm³/mol. The molecule has 0 aliphatic carbocycles. The van der Waals surface area contributed by atoms with E-state index in [1.165, 1.54) is 7.11 Å². The molecule has 2 aromatic carbocycles. The van der Waals surface area contributed by atoms with Crippen LogP contribution in [0.3, 0.4) is 0 Å². The molecule has 8 nitrogen and oxygen atoms in total. The number of anilines is 2. The maximum atomic E-state index is 15.8. The smallest absolute Gasteiger partial charge is 0.189 e. The third-order valence-corrected chi connectivity index (χ3v) is 6.52. The molecule has 0 spiro atoms. The van der Waals surface area contributed by atoms with Crippen LogP contribution >= 0.6 is 0 Å². The molecule has 35 heavy (non-hydrogen) atoms. The summed E-state index contributed by atoms with van der Waals surface area (Å²) in [4.78, 5) is 13.7. The summed E-state index contributed by atoms with van der Waals surface area (Å²) >= 11 is 0. The van der Waals surface area contributed by atoms with Crippen molar-refractivity contribution in [2.75, 3.05) is 32.2 Å². The lowest BCUT2D eigenvalue weighted by molar-refractivity contribution is 0.221. The zero-order valence-electron chi connectivity index (χ0n) is 20.6. The highest BCUT2D eigenvalue weighted by molar-refractivity contribution is 5.83. The monoisotopic (exact) mass is 476 g/mol. The number of fused-ring (bicyclic) bond motifs is 2. The first-order valence-corrected chi connectivity index (χ1v) is 11.6. The van der Waals surface area contributed by atoms with Crippen LogP contribution in [0.25, 0.3) is 22.3 Å². The number of hydrogen-bond donors (Lipinski definition) is 0. The van der Waals surface area contributed by atoms with E-state index >= 15 is 4.39 Å². The molecule has 0 saturated heterocycles. The van der Waals surface area contributed by atoms with Gasteiger partial charge >= 0.3 is 0 Å². The molecular weight excluding hydrogens is 447 g/mol. The Hall–Kier alpha value is -3.72. The van der Waals surface area contributed by atoms with Crippen molar-refractivity contribution >= 4 is 22.4 Å². The van der Waals surface area contributed by atoms with Gasteiger partial charge in [-0.25, -0.2) is 9.37 Å². The number of ether oxygens (including phenoxy) is 2. The second-order valence-electron chi connectivity index (χ2n) is 8.97. The maximum Gasteiger partial charge on any atom is 0.189 e. The second kappa shape index (κ2) is 9.14. The highest BCUT2D eigenvalue weighted by Gasteiger charge is 2.30. The Bertz CT molecular complexity index is 1390. The second-order valence-corrected chi connectivity index (χ2v) is 8.97. The highest BCUT2D eigenvalue weighted by Crippen LogP contribution is 2.43. The Morgan fingerprint density at radius 3 is 2.49 bits per heavy atom. The van der Waals surface area contributed by atoms with Gasteiger partial charge in [-0.05, 0) is 32.0 Å². The standard InChI is InChI=1S/C26H29FN6O2/c1-16(2)32-8-9-33(26-19(15-32)23(34-4)11-24(35-5)25(26)27)18-6-7-20-21(10-18)30-22(13-28-20)17-12-29-31(3)14-17/h6-7,10-14,16H,8-9,15H2,1-5H3. The number of halogens is 1. The molecule has 5 rings (SSSR count). The predicted octanol–water partition coefficient (Wildman–Crippen LogP) is 4.55. The van der Waals surface area contributed by atoms with Gasteiger partial charge in [0.1, 0.15) is 5.75 Å². The van der Waals surface area contributed by atoms with E-state index in [1.54, 1.807) is 30.3 Å². The van der Waals surface area contributed by atoms with Gasteiger partial charge in [0.05, 0.1) is 49.0 Å². The van der Waals surface area contributed by atoms with Gasteiger partial charge in [-0.15, -0.1) is 0 Å². The summed E-state index contributed by atoms with van der Waals surface area (Å²) in [5.74, 6) is 0.363. The minimum absolute atomic E-state index is 0.156. The summed E-state index contributed by atoms with van der Waals surface area (Å²) in [6.45, 7) is 6.23. The van der Waals surface area contributed by atoms with Crippen LogP contribution < -0.4 is 14.4 Å². The highest BCUT2D eigenvalue weighted by atomic mass is 19.1. The first-order valence-electron chi connectivity index (χ1n) is 11.6. The summed E-state index contributed by atoms with van der Waals surface area (Å²) in [7, 11) is 4.94. The fourth-order valence-electron chi connectivity index (χ4n) is 4.58. The lowest BCUT2D eigenvalue weighted by Gasteiger charge is -2.27. The number of benzene rings is 2. The number of rotatable bonds is 5. The van der Waals surface area contributed by atoms with E-state index in [1.807, 2.05) is 36.3 Å². The van der Waals surface area contributed by atoms with Crippen molar-refractivity contribution in [2.45, 2.75) is 26.4 Å². The fraction of sp³-hybridized carbons (Fsp3) is 0.346. The zero-order chi connectivity index (χ0) is 24.7. The average Bonchev–Trinajstić information content (AvgIpc) is 3.19. The van der Waals surface area contributed by atoms with Crippen LogP contribution in [-0.4, -0.2) is 58.0 Å². The van der Waals surface area contributed by atoms with Crippen LogP contribution in [0.2, 0.25) is 0 Å². The van der Waals surface area contributed by atoms with Crippen molar-refractivity contribution in [3.05, 3.63) is 54.2 Å². The fourth-order valence-corrected chi connectivity index (χ4v) is 4.58. The van der Waals surface area contributed by atoms with Gasteiger partial charge in [0.2, 0.25) is 0 Å². The van der Waals surface area contributed by atoms with Crippen molar-refractivity contribution in [3.63, 3.8) is 0 Å². The largest absolute Gasteiger partial charge is 0.496 e. The van der Waals surface area contributed by atoms with Crippen molar-refractivity contribution in [3.8, 4) is 22.8 Å². The molecule has 0 saturated carbocycles. The summed E-state index contributed by atoms with van der Waals surface area (Å²) < 4.78 is 28.6. The molecule has 0 radical (unpaired) electrons. The van der Waals surface area contributed by atoms with Crippen LogP contribution in [-0.2, 0) is 13.6 Å². The number of methoxy groups -OCH3 is 2. The van der Waals surface area contributed by atoms with Crippen LogP contribution in [0.5, 0.6) is 11.5 Å². The topological polar surface area (TPSA) is 68.5 Å². The minimum Gasteiger partial charge on any atom is -0.496 e. The molecule has 0 amide bonds. The van der Waals surface area contributed by atoms with Gasteiger partial charge in [0.15, 0.2) is 11.6 Å². The van der Waals surface area contributed by atoms with Gasteiger partial charge < -0.3 is 14.4 Å². The van der Waals surface area contributed by atoms with Crippen molar-refractivity contribution in [2.24, 2.45) is 7.05 Å². The Labute approximate surface area is 203 Å². The molecule has 182 valence electrons. The van der Waals surface area contributed by atoms with E-state index in [9.17, 15) is 0 Å². The zero-order valence-corrected chi connectivity index (χ0v) is 20.6. The van der Waals surface area contributed by atoms with Crippen LogP contribution in [0.4, 0.5) is 15.8 Å². The molecule has 4 aromatic rings. The first-order chi connectivity index (χ1) is 16.9. The molecule has 2 aromatic heterocycles. The third-order valence-electron chi connectivity index (χ3n) is 6.52. The SMILES string of the molecule is COc1cc(OC)c2c(c1F)N(c1ccc3ncc(-c4cnn(C)c4)nc3c1)CCN(C(C)C)C2. The van der Waals surface area contributed by atoms with E-state index in [4.69, 9.17) is 14.5 Å². The van der Waals surface area contributed by atoms with E-state index in [-0.39, 0.29) is 5.75 Å². The van der Waals surface area contributed by atoms with E-state index < -0.39 is 5.82 Å². The van der Waals surface area contributed by atoms with Crippen LogP contribution in [0, 0.1) is 5.82 Å².